The van der Waals surface area contributed by atoms with Gasteiger partial charge in [0.15, 0.2) is 0 Å². The molecule has 0 atom stereocenters. The molecule has 0 bridgehead atoms. The molecule has 0 aliphatic carbocycles. The van der Waals surface area contributed by atoms with Crippen LogP contribution in [0.15, 0.2) is 64.3 Å². The average Bonchev–Trinajstić information content (AvgIpc) is 2.66. The van der Waals surface area contributed by atoms with E-state index in [4.69, 9.17) is 37.5 Å². The van der Waals surface area contributed by atoms with Crippen LogP contribution in [0.25, 0.3) is 0 Å². The van der Waals surface area contributed by atoms with E-state index in [0.29, 0.717) is 13.2 Å². The van der Waals surface area contributed by atoms with Gasteiger partial charge < -0.3 is 14.3 Å². The second-order valence-electron chi connectivity index (χ2n) is 7.59. The van der Waals surface area contributed by atoms with Crippen molar-refractivity contribution in [2.24, 2.45) is 5.16 Å². The number of hydrogen-bond donors (Lipinski definition) is 0. The van der Waals surface area contributed by atoms with Crippen LogP contribution in [0.5, 0.6) is 11.5 Å². The highest BCUT2D eigenvalue weighted by molar-refractivity contribution is 6.55. The summed E-state index contributed by atoms with van der Waals surface area (Å²) in [5.41, 5.74) is 2.88. The smallest absolute Gasteiger partial charge is 0.129 e. The molecule has 2 aromatic carbocycles. The van der Waals surface area contributed by atoms with Gasteiger partial charge in [-0.2, -0.15) is 0 Å². The Kier molecular flexibility index (Phi) is 8.87. The van der Waals surface area contributed by atoms with Gasteiger partial charge in [-0.05, 0) is 75.6 Å². The quantitative estimate of drug-likeness (QED) is 0.331. The first-order chi connectivity index (χ1) is 13.7. The predicted molar refractivity (Wildman–Crippen MR) is 120 cm³/mol. The summed E-state index contributed by atoms with van der Waals surface area (Å²) in [6, 6.07) is 16.0. The number of oxime groups is 1. The first-order valence-electron chi connectivity index (χ1n) is 9.37. The highest BCUT2D eigenvalue weighted by Crippen LogP contribution is 2.18. The van der Waals surface area contributed by atoms with E-state index >= 15 is 0 Å². The fraction of sp³-hybridized carbons (Fsp3) is 0.348. The predicted octanol–water partition coefficient (Wildman–Crippen LogP) is 6.55. The van der Waals surface area contributed by atoms with Crippen molar-refractivity contribution < 1.29 is 14.3 Å². The Morgan fingerprint density at radius 1 is 0.897 bits per heavy atom. The number of hydrogen-bond acceptors (Lipinski definition) is 4. The summed E-state index contributed by atoms with van der Waals surface area (Å²) in [6.45, 7) is 8.49. The van der Waals surface area contributed by atoms with Gasteiger partial charge in [0.05, 0.1) is 5.71 Å². The lowest BCUT2D eigenvalue weighted by molar-refractivity contribution is 0.0000985. The Morgan fingerprint density at radius 3 is 1.90 bits per heavy atom. The second kappa shape index (κ2) is 11.1. The summed E-state index contributed by atoms with van der Waals surface area (Å²) in [4.78, 5) is 5.39. The number of rotatable bonds is 9. The van der Waals surface area contributed by atoms with Gasteiger partial charge in [0.25, 0.3) is 0 Å². The van der Waals surface area contributed by atoms with Crippen LogP contribution in [0.1, 0.15) is 38.8 Å². The summed E-state index contributed by atoms with van der Waals surface area (Å²) in [6.07, 6.45) is 2.43. The maximum absolute atomic E-state index is 5.76. The third kappa shape index (κ3) is 9.73. The van der Waals surface area contributed by atoms with Crippen LogP contribution in [0.2, 0.25) is 0 Å². The second-order valence-corrected chi connectivity index (χ2v) is 8.60. The Labute approximate surface area is 183 Å². The molecule has 0 fully saturated rings. The van der Waals surface area contributed by atoms with E-state index < -0.39 is 0 Å². The number of halogens is 2. The molecule has 0 unspecified atom stereocenters. The molecule has 2 aromatic rings. The molecule has 156 valence electrons. The summed E-state index contributed by atoms with van der Waals surface area (Å²) in [5, 5.41) is 4.08. The van der Waals surface area contributed by atoms with Gasteiger partial charge in [0, 0.05) is 0 Å². The lowest BCUT2D eigenvalue weighted by Crippen LogP contribution is -2.18. The topological polar surface area (TPSA) is 40.0 Å². The first kappa shape index (κ1) is 23.1. The van der Waals surface area contributed by atoms with E-state index in [1.54, 1.807) is 6.08 Å². The largest absolute Gasteiger partial charge is 0.489 e. The molecule has 0 spiro atoms. The van der Waals surface area contributed by atoms with Crippen molar-refractivity contribution in [3.63, 3.8) is 0 Å². The molecule has 0 aromatic heterocycles. The van der Waals surface area contributed by atoms with Crippen LogP contribution < -0.4 is 9.47 Å². The van der Waals surface area contributed by atoms with E-state index in [1.807, 2.05) is 64.1 Å². The third-order valence-corrected chi connectivity index (χ3v) is 3.97. The molecular formula is C23H27Cl2NO3. The summed E-state index contributed by atoms with van der Waals surface area (Å²) < 4.78 is 11.5. The minimum Gasteiger partial charge on any atom is -0.489 e. The third-order valence-electron chi connectivity index (χ3n) is 3.67. The van der Waals surface area contributed by atoms with Crippen molar-refractivity contribution in [2.45, 2.75) is 39.7 Å². The Balaban J connectivity index is 1.83. The van der Waals surface area contributed by atoms with Crippen LogP contribution in [0, 0.1) is 0 Å². The maximum atomic E-state index is 5.76. The molecule has 0 amide bonds. The minimum absolute atomic E-state index is 0.203. The molecule has 0 saturated carbocycles. The van der Waals surface area contributed by atoms with Crippen LogP contribution >= 0.6 is 23.2 Å². The van der Waals surface area contributed by atoms with Gasteiger partial charge in [-0.3, -0.25) is 0 Å². The van der Waals surface area contributed by atoms with Crippen molar-refractivity contribution in [1.29, 1.82) is 0 Å². The van der Waals surface area contributed by atoms with E-state index in [-0.39, 0.29) is 10.1 Å². The van der Waals surface area contributed by atoms with Crippen LogP contribution in [-0.2, 0) is 11.3 Å². The van der Waals surface area contributed by atoms with Crippen molar-refractivity contribution >= 4 is 28.9 Å². The van der Waals surface area contributed by atoms with Gasteiger partial charge in [-0.1, -0.05) is 52.6 Å². The van der Waals surface area contributed by atoms with Gasteiger partial charge in [0.2, 0.25) is 0 Å². The molecule has 0 saturated heterocycles. The molecule has 6 heteroatoms. The van der Waals surface area contributed by atoms with Crippen LogP contribution in [-0.4, -0.2) is 24.5 Å². The van der Waals surface area contributed by atoms with Crippen molar-refractivity contribution in [1.82, 2.24) is 0 Å². The van der Waals surface area contributed by atoms with E-state index in [2.05, 4.69) is 17.3 Å². The minimum atomic E-state index is -0.303. The molecule has 0 aliphatic rings. The zero-order valence-corrected chi connectivity index (χ0v) is 18.8. The number of benzene rings is 2. The van der Waals surface area contributed by atoms with Gasteiger partial charge >= 0.3 is 0 Å². The molecule has 0 heterocycles. The molecule has 4 nitrogen and oxygen atoms in total. The fourth-order valence-corrected chi connectivity index (χ4v) is 2.40. The Morgan fingerprint density at radius 2 is 1.41 bits per heavy atom. The first-order valence-corrected chi connectivity index (χ1v) is 10.1. The molecular weight excluding hydrogens is 409 g/mol. The van der Waals surface area contributed by atoms with Crippen molar-refractivity contribution in [3.05, 3.63) is 70.2 Å². The molecule has 0 radical (unpaired) electrons. The Hall–Kier alpha value is -2.17. The standard InChI is InChI=1S/C23H27Cl2NO3/c1-17(26-29-23(2,3)4)16-28-21-11-7-19(8-12-21)15-18-5-9-20(10-6-18)27-14-13-22(24)25/h5-13H,14-16H2,1-4H3. The normalized spacial score (nSPS) is 11.7. The Bertz CT molecular complexity index is 819. The lowest BCUT2D eigenvalue weighted by atomic mass is 10.0. The van der Waals surface area contributed by atoms with Crippen LogP contribution in [0.3, 0.4) is 0 Å². The highest BCUT2D eigenvalue weighted by Gasteiger charge is 2.10. The number of nitrogens with zero attached hydrogens (tertiary/aromatic N) is 1. The summed E-state index contributed by atoms with van der Waals surface area (Å²) in [7, 11) is 0. The van der Waals surface area contributed by atoms with Crippen molar-refractivity contribution in [3.8, 4) is 11.5 Å². The van der Waals surface area contributed by atoms with E-state index in [0.717, 1.165) is 23.6 Å². The summed E-state index contributed by atoms with van der Waals surface area (Å²) >= 11 is 11.1. The molecule has 0 N–H and O–H groups in total. The lowest BCUT2D eigenvalue weighted by Gasteiger charge is -2.16. The monoisotopic (exact) mass is 435 g/mol. The van der Waals surface area contributed by atoms with E-state index in [9.17, 15) is 0 Å². The maximum Gasteiger partial charge on any atom is 0.129 e. The summed E-state index contributed by atoms with van der Waals surface area (Å²) in [5.74, 6) is 1.57. The number of ether oxygens (including phenoxy) is 2. The van der Waals surface area contributed by atoms with Gasteiger partial charge in [-0.15, -0.1) is 0 Å². The molecule has 29 heavy (non-hydrogen) atoms. The zero-order valence-electron chi connectivity index (χ0n) is 17.2. The fourth-order valence-electron chi connectivity index (χ4n) is 2.27. The SMILES string of the molecule is CC(COc1ccc(Cc2ccc(OCC=C(Cl)Cl)cc2)cc1)=NOC(C)(C)C. The molecule has 0 aliphatic heterocycles. The van der Waals surface area contributed by atoms with Gasteiger partial charge in [-0.25, -0.2) is 0 Å². The van der Waals surface area contributed by atoms with Crippen LogP contribution in [0.4, 0.5) is 0 Å². The van der Waals surface area contributed by atoms with E-state index in [1.165, 1.54) is 11.1 Å². The van der Waals surface area contributed by atoms with Crippen molar-refractivity contribution in [2.75, 3.05) is 13.2 Å². The van der Waals surface area contributed by atoms with Gasteiger partial charge in [0.1, 0.15) is 34.8 Å². The zero-order chi connectivity index (χ0) is 21.3. The molecule has 2 rings (SSSR count). The highest BCUT2D eigenvalue weighted by atomic mass is 35.5. The average molecular weight is 436 g/mol.